The van der Waals surface area contributed by atoms with Gasteiger partial charge in [0.25, 0.3) is 5.91 Å². The maximum atomic E-state index is 12.2. The average molecular weight is 264 g/mol. The van der Waals surface area contributed by atoms with E-state index in [1.54, 1.807) is 18.0 Å². The van der Waals surface area contributed by atoms with E-state index >= 15 is 0 Å². The van der Waals surface area contributed by atoms with Crippen molar-refractivity contribution in [3.8, 4) is 5.75 Å². The Morgan fingerprint density at radius 2 is 2.21 bits per heavy atom. The molecule has 106 valence electrons. The summed E-state index contributed by atoms with van der Waals surface area (Å²) in [4.78, 5) is 13.9. The molecule has 4 heteroatoms. The highest BCUT2D eigenvalue weighted by Gasteiger charge is 2.12. The number of carbonyl (C=O) groups excluding carboxylic acids is 1. The number of amides is 1. The van der Waals surface area contributed by atoms with Gasteiger partial charge in [0, 0.05) is 25.2 Å². The van der Waals surface area contributed by atoms with Gasteiger partial charge in [-0.25, -0.2) is 0 Å². The van der Waals surface area contributed by atoms with Crippen LogP contribution >= 0.6 is 0 Å². The molecular formula is C15H24N2O2. The van der Waals surface area contributed by atoms with Gasteiger partial charge in [-0.15, -0.1) is 0 Å². The molecule has 0 fully saturated rings. The fourth-order valence-electron chi connectivity index (χ4n) is 1.66. The molecule has 4 nitrogen and oxygen atoms in total. The number of benzene rings is 1. The minimum Gasteiger partial charge on any atom is -0.494 e. The Bertz CT molecular complexity index is 405. The predicted molar refractivity (Wildman–Crippen MR) is 77.5 cm³/mol. The summed E-state index contributed by atoms with van der Waals surface area (Å²) in [6.07, 6.45) is 1.75. The highest BCUT2D eigenvalue weighted by atomic mass is 16.5. The monoisotopic (exact) mass is 264 g/mol. The summed E-state index contributed by atoms with van der Waals surface area (Å²) in [5.74, 6) is 0.746. The molecule has 2 N–H and O–H groups in total. The van der Waals surface area contributed by atoms with Crippen molar-refractivity contribution in [1.29, 1.82) is 0 Å². The number of nitrogens with two attached hydrogens (primary N) is 1. The molecule has 0 aromatic heterocycles. The molecule has 0 aliphatic rings. The topological polar surface area (TPSA) is 55.6 Å². The summed E-state index contributed by atoms with van der Waals surface area (Å²) in [5, 5.41) is 0. The Hall–Kier alpha value is -1.55. The number of ether oxygens (including phenoxy) is 1. The van der Waals surface area contributed by atoms with Gasteiger partial charge in [-0.2, -0.15) is 0 Å². The van der Waals surface area contributed by atoms with Crippen LogP contribution in [0.3, 0.4) is 0 Å². The quantitative estimate of drug-likeness (QED) is 0.822. The molecule has 1 aromatic carbocycles. The van der Waals surface area contributed by atoms with Crippen molar-refractivity contribution < 1.29 is 9.53 Å². The van der Waals surface area contributed by atoms with E-state index in [4.69, 9.17) is 10.5 Å². The van der Waals surface area contributed by atoms with Crippen molar-refractivity contribution >= 4 is 5.91 Å². The molecule has 1 aromatic rings. The molecule has 0 radical (unpaired) electrons. The van der Waals surface area contributed by atoms with Crippen LogP contribution in [-0.4, -0.2) is 37.0 Å². The molecule has 0 aliphatic heterocycles. The van der Waals surface area contributed by atoms with Crippen molar-refractivity contribution in [2.24, 2.45) is 5.73 Å². The maximum absolute atomic E-state index is 12.2. The number of carbonyl (C=O) groups is 1. The van der Waals surface area contributed by atoms with Crippen LogP contribution in [0.15, 0.2) is 24.3 Å². The molecule has 0 saturated carbocycles. The van der Waals surface area contributed by atoms with E-state index in [0.29, 0.717) is 18.7 Å². The minimum atomic E-state index is 0.00241. The van der Waals surface area contributed by atoms with Crippen molar-refractivity contribution in [2.45, 2.75) is 32.7 Å². The average Bonchev–Trinajstić information content (AvgIpc) is 2.41. The molecular weight excluding hydrogens is 240 g/mol. The standard InChI is InChI=1S/C15H24N2O2/c1-4-10-19-14-7-5-6-13(11-14)15(18)17(3)9-8-12(2)16/h5-7,11-12H,4,8-10,16H2,1-3H3. The number of hydrogen-bond acceptors (Lipinski definition) is 3. The van der Waals surface area contributed by atoms with E-state index in [2.05, 4.69) is 6.92 Å². The second kappa shape index (κ2) is 7.79. The van der Waals surface area contributed by atoms with E-state index in [1.807, 2.05) is 25.1 Å². The van der Waals surface area contributed by atoms with Gasteiger partial charge in [-0.3, -0.25) is 4.79 Å². The summed E-state index contributed by atoms with van der Waals surface area (Å²) >= 11 is 0. The smallest absolute Gasteiger partial charge is 0.253 e. The minimum absolute atomic E-state index is 0.00241. The lowest BCUT2D eigenvalue weighted by Gasteiger charge is -2.18. The molecule has 0 bridgehead atoms. The van der Waals surface area contributed by atoms with Crippen LogP contribution in [0.25, 0.3) is 0 Å². The largest absolute Gasteiger partial charge is 0.494 e. The Morgan fingerprint density at radius 1 is 1.47 bits per heavy atom. The normalized spacial score (nSPS) is 12.0. The van der Waals surface area contributed by atoms with Crippen LogP contribution in [0.4, 0.5) is 0 Å². The zero-order valence-corrected chi connectivity index (χ0v) is 12.1. The highest BCUT2D eigenvalue weighted by molar-refractivity contribution is 5.94. The SMILES string of the molecule is CCCOc1cccc(C(=O)N(C)CCC(C)N)c1. The molecule has 1 rings (SSSR count). The first-order valence-corrected chi connectivity index (χ1v) is 6.78. The fraction of sp³-hybridized carbons (Fsp3) is 0.533. The van der Waals surface area contributed by atoms with Crippen molar-refractivity contribution in [3.05, 3.63) is 29.8 Å². The predicted octanol–water partition coefficient (Wildman–Crippen LogP) is 2.28. The second-order valence-corrected chi connectivity index (χ2v) is 4.87. The lowest BCUT2D eigenvalue weighted by molar-refractivity contribution is 0.0791. The number of hydrogen-bond donors (Lipinski definition) is 1. The zero-order valence-electron chi connectivity index (χ0n) is 12.1. The van der Waals surface area contributed by atoms with Gasteiger partial charge in [0.2, 0.25) is 0 Å². The third-order valence-corrected chi connectivity index (χ3v) is 2.82. The van der Waals surface area contributed by atoms with Gasteiger partial charge in [0.1, 0.15) is 5.75 Å². The van der Waals surface area contributed by atoms with E-state index in [0.717, 1.165) is 18.6 Å². The van der Waals surface area contributed by atoms with Crippen molar-refractivity contribution in [3.63, 3.8) is 0 Å². The summed E-state index contributed by atoms with van der Waals surface area (Å²) in [5.41, 5.74) is 6.35. The van der Waals surface area contributed by atoms with Crippen LogP contribution < -0.4 is 10.5 Å². The Morgan fingerprint density at radius 3 is 2.84 bits per heavy atom. The molecule has 0 spiro atoms. The third-order valence-electron chi connectivity index (χ3n) is 2.82. The molecule has 1 unspecified atom stereocenters. The van der Waals surface area contributed by atoms with Gasteiger partial charge >= 0.3 is 0 Å². The van der Waals surface area contributed by atoms with Crippen LogP contribution in [0, 0.1) is 0 Å². The summed E-state index contributed by atoms with van der Waals surface area (Å²) in [7, 11) is 1.80. The number of nitrogens with zero attached hydrogens (tertiary/aromatic N) is 1. The van der Waals surface area contributed by atoms with Gasteiger partial charge in [0.15, 0.2) is 0 Å². The lowest BCUT2D eigenvalue weighted by atomic mass is 10.1. The first-order valence-electron chi connectivity index (χ1n) is 6.78. The molecule has 0 aliphatic carbocycles. The van der Waals surface area contributed by atoms with Gasteiger partial charge in [-0.05, 0) is 38.0 Å². The molecule has 1 amide bonds. The third kappa shape index (κ3) is 5.30. The van der Waals surface area contributed by atoms with Gasteiger partial charge in [-0.1, -0.05) is 13.0 Å². The van der Waals surface area contributed by atoms with Gasteiger partial charge < -0.3 is 15.4 Å². The first-order chi connectivity index (χ1) is 9.04. The molecule has 19 heavy (non-hydrogen) atoms. The Kier molecular flexibility index (Phi) is 6.36. The lowest BCUT2D eigenvalue weighted by Crippen LogP contribution is -2.31. The van der Waals surface area contributed by atoms with Crippen LogP contribution in [-0.2, 0) is 0 Å². The van der Waals surface area contributed by atoms with Gasteiger partial charge in [0.05, 0.1) is 6.61 Å². The van der Waals surface area contributed by atoms with Crippen molar-refractivity contribution in [1.82, 2.24) is 4.90 Å². The first kappa shape index (κ1) is 15.5. The van der Waals surface area contributed by atoms with Crippen molar-refractivity contribution in [2.75, 3.05) is 20.2 Å². The maximum Gasteiger partial charge on any atom is 0.253 e. The van der Waals surface area contributed by atoms with Crippen LogP contribution in [0.5, 0.6) is 5.75 Å². The summed E-state index contributed by atoms with van der Waals surface area (Å²) in [6.45, 7) is 5.32. The van der Waals surface area contributed by atoms with E-state index in [9.17, 15) is 4.79 Å². The highest BCUT2D eigenvalue weighted by Crippen LogP contribution is 2.15. The van der Waals surface area contributed by atoms with E-state index < -0.39 is 0 Å². The van der Waals surface area contributed by atoms with Crippen LogP contribution in [0.1, 0.15) is 37.0 Å². The van der Waals surface area contributed by atoms with Crippen LogP contribution in [0.2, 0.25) is 0 Å². The molecule has 0 saturated heterocycles. The second-order valence-electron chi connectivity index (χ2n) is 4.87. The number of rotatable bonds is 7. The Labute approximate surface area is 115 Å². The molecule has 1 atom stereocenters. The van der Waals surface area contributed by atoms with E-state index in [-0.39, 0.29) is 11.9 Å². The molecule has 0 heterocycles. The zero-order chi connectivity index (χ0) is 14.3. The Balaban J connectivity index is 2.65. The fourth-order valence-corrected chi connectivity index (χ4v) is 1.66. The van der Waals surface area contributed by atoms with E-state index in [1.165, 1.54) is 0 Å². The summed E-state index contributed by atoms with van der Waals surface area (Å²) in [6, 6.07) is 7.42. The summed E-state index contributed by atoms with van der Waals surface area (Å²) < 4.78 is 5.53.